The average molecular weight is 368 g/mol. The topological polar surface area (TPSA) is 63.2 Å². The molecule has 0 bridgehead atoms. The van der Waals surface area contributed by atoms with Crippen molar-refractivity contribution < 1.29 is 17.6 Å². The van der Waals surface area contributed by atoms with Crippen molar-refractivity contribution in [3.8, 4) is 0 Å². The molecule has 1 aromatic rings. The summed E-state index contributed by atoms with van der Waals surface area (Å²) in [4.78, 5) is 12.1. The van der Waals surface area contributed by atoms with Gasteiger partial charge in [-0.15, -0.1) is 0 Å². The third-order valence-electron chi connectivity index (χ3n) is 3.75. The fraction of sp³-hybridized carbons (Fsp3) is 0.500. The van der Waals surface area contributed by atoms with Crippen LogP contribution in [-0.4, -0.2) is 26.0 Å². The highest BCUT2D eigenvalue weighted by molar-refractivity contribution is 7.90. The van der Waals surface area contributed by atoms with Gasteiger partial charge in [-0.25, -0.2) is 17.5 Å². The van der Waals surface area contributed by atoms with E-state index in [1.165, 1.54) is 12.1 Å². The first-order valence-electron chi connectivity index (χ1n) is 6.98. The van der Waals surface area contributed by atoms with Gasteiger partial charge in [0.1, 0.15) is 0 Å². The molecular formula is C14H16Cl2FNO3S. The molecule has 0 heterocycles. The number of hydrogen-bond donors (Lipinski definition) is 1. The maximum Gasteiger partial charge on any atom is 0.214 e. The summed E-state index contributed by atoms with van der Waals surface area (Å²) in [5, 5.41) is -0.819. The Morgan fingerprint density at radius 2 is 1.77 bits per heavy atom. The van der Waals surface area contributed by atoms with Crippen LogP contribution in [0.1, 0.15) is 42.5 Å². The van der Waals surface area contributed by atoms with E-state index in [0.717, 1.165) is 19.3 Å². The largest absolute Gasteiger partial charge is 0.293 e. The maximum atomic E-state index is 13.9. The highest BCUT2D eigenvalue weighted by Crippen LogP contribution is 2.26. The van der Waals surface area contributed by atoms with Crippen LogP contribution < -0.4 is 4.72 Å². The van der Waals surface area contributed by atoms with Gasteiger partial charge in [-0.05, 0) is 25.0 Å². The van der Waals surface area contributed by atoms with Crippen LogP contribution in [0.3, 0.4) is 0 Å². The van der Waals surface area contributed by atoms with E-state index in [-0.39, 0.29) is 15.6 Å². The molecule has 2 rings (SSSR count). The highest BCUT2D eigenvalue weighted by Gasteiger charge is 2.28. The minimum atomic E-state index is -3.59. The molecule has 1 N–H and O–H groups in total. The number of carbonyl (C=O) groups is 1. The Kier molecular flexibility index (Phi) is 5.82. The molecule has 1 saturated carbocycles. The Balaban J connectivity index is 2.08. The predicted molar refractivity (Wildman–Crippen MR) is 84.5 cm³/mol. The molecule has 0 atom stereocenters. The van der Waals surface area contributed by atoms with Gasteiger partial charge in [0, 0.05) is 0 Å². The first-order chi connectivity index (χ1) is 10.3. The molecule has 8 heteroatoms. The van der Waals surface area contributed by atoms with Crippen LogP contribution in [0.4, 0.5) is 4.39 Å². The number of benzene rings is 1. The number of hydrogen-bond acceptors (Lipinski definition) is 3. The smallest absolute Gasteiger partial charge is 0.214 e. The van der Waals surface area contributed by atoms with Crippen molar-refractivity contribution in [3.63, 3.8) is 0 Å². The number of sulfonamides is 1. The lowest BCUT2D eigenvalue weighted by Gasteiger charge is -2.21. The number of ketones is 1. The first kappa shape index (κ1) is 17.7. The standard InChI is InChI=1S/C14H16Cl2FNO3S/c15-10-6-7-11(16)14(17)13(10)12(19)8-18-22(20,21)9-4-2-1-3-5-9/h6-7,9,18H,1-5,8H2. The van der Waals surface area contributed by atoms with Gasteiger partial charge in [-0.2, -0.15) is 0 Å². The summed E-state index contributed by atoms with van der Waals surface area (Å²) in [6, 6.07) is 2.54. The lowest BCUT2D eigenvalue weighted by Crippen LogP contribution is -2.38. The molecule has 0 unspecified atom stereocenters. The summed E-state index contributed by atoms with van der Waals surface area (Å²) in [5.41, 5.74) is -0.388. The van der Waals surface area contributed by atoms with Crippen LogP contribution in [0.15, 0.2) is 12.1 Å². The molecule has 0 radical (unpaired) electrons. The summed E-state index contributed by atoms with van der Waals surface area (Å²) >= 11 is 11.4. The van der Waals surface area contributed by atoms with Crippen molar-refractivity contribution in [1.82, 2.24) is 4.72 Å². The van der Waals surface area contributed by atoms with E-state index in [4.69, 9.17) is 23.2 Å². The molecule has 0 amide bonds. The number of nitrogens with one attached hydrogen (secondary N) is 1. The maximum absolute atomic E-state index is 13.9. The van der Waals surface area contributed by atoms with Crippen LogP contribution in [0.2, 0.25) is 10.0 Å². The first-order valence-corrected chi connectivity index (χ1v) is 9.28. The van der Waals surface area contributed by atoms with Crippen LogP contribution in [0.25, 0.3) is 0 Å². The van der Waals surface area contributed by atoms with E-state index in [2.05, 4.69) is 4.72 Å². The SMILES string of the molecule is O=C(CNS(=O)(=O)C1CCCCC1)c1c(Cl)ccc(Cl)c1F. The Bertz CT molecular complexity index is 673. The van der Waals surface area contributed by atoms with E-state index in [1.807, 2.05) is 0 Å². The molecule has 1 aliphatic carbocycles. The van der Waals surface area contributed by atoms with Gasteiger partial charge < -0.3 is 0 Å². The zero-order valence-corrected chi connectivity index (χ0v) is 14.1. The summed E-state index contributed by atoms with van der Waals surface area (Å²) < 4.78 is 40.4. The Hall–Kier alpha value is -0.690. The monoisotopic (exact) mass is 367 g/mol. The molecule has 0 spiro atoms. The second kappa shape index (κ2) is 7.25. The van der Waals surface area contributed by atoms with E-state index in [9.17, 15) is 17.6 Å². The van der Waals surface area contributed by atoms with Crippen molar-refractivity contribution in [3.05, 3.63) is 33.6 Å². The third-order valence-corrected chi connectivity index (χ3v) is 6.25. The van der Waals surface area contributed by atoms with Gasteiger partial charge in [-0.3, -0.25) is 4.79 Å². The number of rotatable bonds is 5. The molecule has 1 aliphatic rings. The molecule has 0 saturated heterocycles. The Morgan fingerprint density at radius 3 is 2.41 bits per heavy atom. The summed E-state index contributed by atoms with van der Waals surface area (Å²) in [5.74, 6) is -1.68. The van der Waals surface area contributed by atoms with Crippen LogP contribution in [0, 0.1) is 5.82 Å². The lowest BCUT2D eigenvalue weighted by atomic mass is 10.0. The quantitative estimate of drug-likeness (QED) is 0.639. The average Bonchev–Trinajstić information content (AvgIpc) is 2.50. The van der Waals surface area contributed by atoms with Crippen LogP contribution in [-0.2, 0) is 10.0 Å². The van der Waals surface area contributed by atoms with Crippen molar-refractivity contribution in [2.45, 2.75) is 37.4 Å². The van der Waals surface area contributed by atoms with Gasteiger partial charge in [0.25, 0.3) is 0 Å². The second-order valence-electron chi connectivity index (χ2n) is 5.27. The Labute approximate surface area is 139 Å². The molecular weight excluding hydrogens is 352 g/mol. The zero-order chi connectivity index (χ0) is 16.3. The summed E-state index contributed by atoms with van der Waals surface area (Å²) in [6.07, 6.45) is 3.89. The van der Waals surface area contributed by atoms with Crippen molar-refractivity contribution in [2.24, 2.45) is 0 Å². The number of carbonyl (C=O) groups excluding carboxylic acids is 1. The van der Waals surface area contributed by atoms with Crippen LogP contribution in [0.5, 0.6) is 0 Å². The van der Waals surface area contributed by atoms with E-state index < -0.39 is 33.4 Å². The molecule has 4 nitrogen and oxygen atoms in total. The van der Waals surface area contributed by atoms with E-state index in [1.54, 1.807) is 0 Å². The van der Waals surface area contributed by atoms with Crippen molar-refractivity contribution in [1.29, 1.82) is 0 Å². The number of halogens is 3. The third kappa shape index (κ3) is 3.98. The molecule has 0 aliphatic heterocycles. The lowest BCUT2D eigenvalue weighted by molar-refractivity contribution is 0.0993. The summed E-state index contributed by atoms with van der Waals surface area (Å²) in [7, 11) is -3.59. The fourth-order valence-corrected chi connectivity index (χ4v) is 4.46. The Morgan fingerprint density at radius 1 is 1.18 bits per heavy atom. The van der Waals surface area contributed by atoms with Crippen LogP contribution >= 0.6 is 23.2 Å². The molecule has 1 fully saturated rings. The van der Waals surface area contributed by atoms with E-state index >= 15 is 0 Å². The van der Waals surface area contributed by atoms with Gasteiger partial charge >= 0.3 is 0 Å². The predicted octanol–water partition coefficient (Wildman–Crippen LogP) is 3.57. The number of Topliss-reactive ketones (excluding diaryl/α,β-unsaturated/α-hetero) is 1. The van der Waals surface area contributed by atoms with Crippen molar-refractivity contribution in [2.75, 3.05) is 6.54 Å². The normalized spacial score (nSPS) is 16.7. The van der Waals surface area contributed by atoms with E-state index in [0.29, 0.717) is 12.8 Å². The highest BCUT2D eigenvalue weighted by atomic mass is 35.5. The van der Waals surface area contributed by atoms with Gasteiger partial charge in [0.05, 0.1) is 27.4 Å². The summed E-state index contributed by atoms with van der Waals surface area (Å²) in [6.45, 7) is -0.532. The fourth-order valence-electron chi connectivity index (χ4n) is 2.53. The van der Waals surface area contributed by atoms with Crippen molar-refractivity contribution >= 4 is 39.0 Å². The molecule has 22 heavy (non-hydrogen) atoms. The second-order valence-corrected chi connectivity index (χ2v) is 8.13. The molecule has 0 aromatic heterocycles. The van der Waals surface area contributed by atoms with Gasteiger partial charge in [0.15, 0.2) is 11.6 Å². The zero-order valence-electron chi connectivity index (χ0n) is 11.7. The molecule has 1 aromatic carbocycles. The minimum Gasteiger partial charge on any atom is -0.293 e. The van der Waals surface area contributed by atoms with Gasteiger partial charge in [0.2, 0.25) is 10.0 Å². The van der Waals surface area contributed by atoms with Gasteiger partial charge in [-0.1, -0.05) is 42.5 Å². The molecule has 122 valence electrons. The minimum absolute atomic E-state index is 0.0937.